The van der Waals surface area contributed by atoms with Gasteiger partial charge in [0, 0.05) is 14.2 Å². The molecule has 0 bridgehead atoms. The Kier molecular flexibility index (Phi) is 14.2. The summed E-state index contributed by atoms with van der Waals surface area (Å²) in [6.07, 6.45) is -8.54. The molecule has 7 nitrogen and oxygen atoms in total. The topological polar surface area (TPSA) is 72.5 Å². The Bertz CT molecular complexity index is 876. The van der Waals surface area contributed by atoms with E-state index in [4.69, 9.17) is 4.74 Å². The van der Waals surface area contributed by atoms with Crippen molar-refractivity contribution >= 4 is 5.97 Å². The zero-order valence-corrected chi connectivity index (χ0v) is 21.3. The average Bonchev–Trinajstić information content (AvgIpc) is 2.86. The fraction of sp³-hybridized carbons (Fsp3) is 0.850. The van der Waals surface area contributed by atoms with Crippen molar-refractivity contribution < 1.29 is 99.1 Å². The molecule has 42 heavy (non-hydrogen) atoms. The third kappa shape index (κ3) is 8.46. The zero-order valence-electron chi connectivity index (χ0n) is 21.3. The monoisotopic (exact) mass is 660 g/mol. The first kappa shape index (κ1) is 39.8. The van der Waals surface area contributed by atoms with Crippen LogP contribution in [0.3, 0.4) is 0 Å². The van der Waals surface area contributed by atoms with Crippen LogP contribution in [0.1, 0.15) is 0 Å². The van der Waals surface area contributed by atoms with Gasteiger partial charge in [0.2, 0.25) is 0 Å². The number of methoxy groups -OCH3 is 2. The Balaban J connectivity index is 6.41. The minimum atomic E-state index is -8.50. The Labute approximate surface area is 226 Å². The Hall–Kier alpha value is -2.20. The van der Waals surface area contributed by atoms with Crippen LogP contribution in [0.4, 0.5) is 65.9 Å². The highest BCUT2D eigenvalue weighted by molar-refractivity contribution is 5.82. The van der Waals surface area contributed by atoms with Gasteiger partial charge >= 0.3 is 47.7 Å². The average molecular weight is 660 g/mol. The molecule has 0 fully saturated rings. The lowest BCUT2D eigenvalue weighted by Crippen LogP contribution is -2.72. The molecule has 0 atom stereocenters. The lowest BCUT2D eigenvalue weighted by atomic mass is 9.90. The maximum Gasteiger partial charge on any atom is 0.460 e. The molecule has 0 heterocycles. The Morgan fingerprint density at radius 3 is 1.26 bits per heavy atom. The highest BCUT2D eigenvalue weighted by Crippen LogP contribution is 2.63. The first-order valence-electron chi connectivity index (χ1n) is 10.9. The maximum atomic E-state index is 14.6. The van der Waals surface area contributed by atoms with E-state index in [9.17, 15) is 70.7 Å². The number of carbonyl (C=O) groups excluding carboxylic acids is 1. The highest BCUT2D eigenvalue weighted by Gasteiger charge is 2.93. The second kappa shape index (κ2) is 15.0. The van der Waals surface area contributed by atoms with Gasteiger partial charge in [-0.15, -0.1) is 0 Å². The largest absolute Gasteiger partial charge is 0.489 e. The molecule has 0 spiro atoms. The lowest BCUT2D eigenvalue weighted by Gasteiger charge is -2.41. The van der Waals surface area contributed by atoms with E-state index in [-0.39, 0.29) is 26.4 Å². The quantitative estimate of drug-likeness (QED) is 0.0590. The maximum absolute atomic E-state index is 14.6. The van der Waals surface area contributed by atoms with Gasteiger partial charge in [-0.25, -0.2) is 4.79 Å². The van der Waals surface area contributed by atoms with E-state index in [1.165, 1.54) is 14.2 Å². The summed E-state index contributed by atoms with van der Waals surface area (Å²) >= 11 is 0. The molecule has 0 saturated heterocycles. The number of allylic oxidation sites excluding steroid dienone is 1. The minimum absolute atomic E-state index is 0.0202. The van der Waals surface area contributed by atoms with Gasteiger partial charge in [0.05, 0.1) is 45.7 Å². The van der Waals surface area contributed by atoms with E-state index in [1.807, 2.05) is 0 Å². The van der Waals surface area contributed by atoms with E-state index < -0.39 is 85.9 Å². The normalized spacial score (nSPS) is 14.7. The SMILES string of the molecule is COCCOCCOC(=O)/C=C(\OCCOCCOC)C(F)(F)C(F)(F)C(F)(F)C(F)(F)C(F)(F)C(F)(F)C(F)(F)F. The minimum Gasteiger partial charge on any atom is -0.489 e. The van der Waals surface area contributed by atoms with E-state index in [0.717, 1.165) is 0 Å². The summed E-state index contributed by atoms with van der Waals surface area (Å²) in [4.78, 5) is 11.8. The van der Waals surface area contributed by atoms with E-state index in [2.05, 4.69) is 23.7 Å². The number of esters is 1. The van der Waals surface area contributed by atoms with Crippen LogP contribution < -0.4 is 0 Å². The summed E-state index contributed by atoms with van der Waals surface area (Å²) < 4.78 is 230. The molecular formula is C20H23F15O7. The molecule has 0 aliphatic rings. The van der Waals surface area contributed by atoms with Gasteiger partial charge in [0.15, 0.2) is 5.76 Å². The van der Waals surface area contributed by atoms with E-state index >= 15 is 0 Å². The molecule has 0 saturated carbocycles. The molecular weight excluding hydrogens is 637 g/mol. The first-order valence-corrected chi connectivity index (χ1v) is 10.9. The van der Waals surface area contributed by atoms with Gasteiger partial charge in [-0.1, -0.05) is 0 Å². The third-order valence-electron chi connectivity index (χ3n) is 4.71. The second-order valence-corrected chi connectivity index (χ2v) is 7.68. The number of hydrogen-bond acceptors (Lipinski definition) is 7. The van der Waals surface area contributed by atoms with Crippen molar-refractivity contribution in [2.45, 2.75) is 41.7 Å². The van der Waals surface area contributed by atoms with Crippen molar-refractivity contribution in [2.24, 2.45) is 0 Å². The predicted molar refractivity (Wildman–Crippen MR) is 106 cm³/mol. The van der Waals surface area contributed by atoms with Crippen molar-refractivity contribution in [3.05, 3.63) is 11.8 Å². The highest BCUT2D eigenvalue weighted by atomic mass is 19.4. The summed E-state index contributed by atoms with van der Waals surface area (Å²) in [6, 6.07) is 0. The summed E-state index contributed by atoms with van der Waals surface area (Å²) in [5.41, 5.74) is 0. The number of hydrogen-bond donors (Lipinski definition) is 0. The summed E-state index contributed by atoms with van der Waals surface area (Å²) in [5, 5.41) is 0. The lowest BCUT2D eigenvalue weighted by molar-refractivity contribution is -0.451. The van der Waals surface area contributed by atoms with Gasteiger partial charge < -0.3 is 28.4 Å². The van der Waals surface area contributed by atoms with Gasteiger partial charge in [0.1, 0.15) is 13.2 Å². The van der Waals surface area contributed by atoms with Crippen LogP contribution in [-0.2, 0) is 33.2 Å². The summed E-state index contributed by atoms with van der Waals surface area (Å²) in [6.45, 7) is -4.09. The molecule has 22 heteroatoms. The van der Waals surface area contributed by atoms with Gasteiger partial charge in [-0.2, -0.15) is 65.9 Å². The molecule has 0 aromatic carbocycles. The van der Waals surface area contributed by atoms with Crippen LogP contribution in [0, 0.1) is 0 Å². The van der Waals surface area contributed by atoms with Crippen LogP contribution >= 0.6 is 0 Å². The molecule has 0 aliphatic heterocycles. The first-order chi connectivity index (χ1) is 18.9. The Morgan fingerprint density at radius 1 is 0.500 bits per heavy atom. The fourth-order valence-electron chi connectivity index (χ4n) is 2.39. The summed E-state index contributed by atoms with van der Waals surface area (Å²) in [5.74, 6) is -53.4. The smallest absolute Gasteiger partial charge is 0.460 e. The molecule has 0 N–H and O–H groups in total. The predicted octanol–water partition coefficient (Wildman–Crippen LogP) is 5.13. The molecule has 0 radical (unpaired) electrons. The zero-order chi connectivity index (χ0) is 33.3. The second-order valence-electron chi connectivity index (χ2n) is 7.68. The molecule has 0 amide bonds. The van der Waals surface area contributed by atoms with Crippen LogP contribution in [0.15, 0.2) is 11.8 Å². The van der Waals surface area contributed by atoms with Crippen molar-refractivity contribution in [2.75, 3.05) is 67.1 Å². The molecule has 0 aromatic rings. The molecule has 0 unspecified atom stereocenters. The summed E-state index contributed by atoms with van der Waals surface area (Å²) in [7, 11) is 2.43. The van der Waals surface area contributed by atoms with Gasteiger partial charge in [-0.3, -0.25) is 0 Å². The van der Waals surface area contributed by atoms with Crippen molar-refractivity contribution in [3.63, 3.8) is 0 Å². The van der Waals surface area contributed by atoms with Crippen LogP contribution in [-0.4, -0.2) is 115 Å². The number of alkyl halides is 15. The number of ether oxygens (including phenoxy) is 6. The molecule has 250 valence electrons. The third-order valence-corrected chi connectivity index (χ3v) is 4.71. The number of carbonyl (C=O) groups is 1. The van der Waals surface area contributed by atoms with Crippen LogP contribution in [0.2, 0.25) is 0 Å². The fourth-order valence-corrected chi connectivity index (χ4v) is 2.39. The van der Waals surface area contributed by atoms with E-state index in [1.54, 1.807) is 0 Å². The molecule has 0 rings (SSSR count). The van der Waals surface area contributed by atoms with Crippen LogP contribution in [0.5, 0.6) is 0 Å². The Morgan fingerprint density at radius 2 is 0.857 bits per heavy atom. The van der Waals surface area contributed by atoms with Gasteiger partial charge in [0.25, 0.3) is 0 Å². The van der Waals surface area contributed by atoms with Crippen molar-refractivity contribution in [1.82, 2.24) is 0 Å². The van der Waals surface area contributed by atoms with Crippen molar-refractivity contribution in [3.8, 4) is 0 Å². The van der Waals surface area contributed by atoms with Crippen molar-refractivity contribution in [1.29, 1.82) is 0 Å². The molecule has 0 aromatic heterocycles. The van der Waals surface area contributed by atoms with Gasteiger partial charge in [-0.05, 0) is 0 Å². The van der Waals surface area contributed by atoms with E-state index in [0.29, 0.717) is 0 Å². The standard InChI is InChI=1S/C20H23F15O7/c1-37-3-5-39-7-9-41-12(11-13(36)42-10-8-40-6-4-38-2)14(21,22)15(23,24)16(25,26)17(27,28)18(29,30)19(31,32)20(33,34)35/h11H,3-10H2,1-2H3/b12-11-. The number of rotatable bonds is 20. The molecule has 0 aliphatic carbocycles. The number of halogens is 15. The van der Waals surface area contributed by atoms with Crippen LogP contribution in [0.25, 0.3) is 0 Å².